The van der Waals surface area contributed by atoms with E-state index in [0.717, 1.165) is 10.7 Å². The maximum absolute atomic E-state index is 13.3. The fourth-order valence-electron chi connectivity index (χ4n) is 2.43. The predicted molar refractivity (Wildman–Crippen MR) is 97.3 cm³/mol. The van der Waals surface area contributed by atoms with E-state index in [1.54, 1.807) is 18.2 Å². The van der Waals surface area contributed by atoms with Gasteiger partial charge in [-0.2, -0.15) is 18.3 Å². The van der Waals surface area contributed by atoms with Gasteiger partial charge in [0.05, 0.1) is 16.3 Å². The topological polar surface area (TPSA) is 59.0 Å². The maximum atomic E-state index is 13.3. The van der Waals surface area contributed by atoms with Crippen LogP contribution in [0.2, 0.25) is 5.02 Å². The summed E-state index contributed by atoms with van der Waals surface area (Å²) in [6.45, 7) is 0. The first-order chi connectivity index (χ1) is 13.1. The Balaban J connectivity index is 1.85. The Bertz CT molecular complexity index is 1030. The second-order valence-corrected chi connectivity index (χ2v) is 6.20. The van der Waals surface area contributed by atoms with Gasteiger partial charge in [0.15, 0.2) is 5.69 Å². The molecule has 0 spiro atoms. The molecule has 0 unspecified atom stereocenters. The second kappa shape index (κ2) is 7.51. The van der Waals surface area contributed by atoms with E-state index in [0.29, 0.717) is 11.4 Å². The normalized spacial score (nSPS) is 11.4. The van der Waals surface area contributed by atoms with Crippen molar-refractivity contribution in [1.29, 1.82) is 0 Å². The minimum Gasteiger partial charge on any atom is -0.355 e. The Labute approximate surface area is 161 Å². The smallest absolute Gasteiger partial charge is 0.355 e. The summed E-state index contributed by atoms with van der Waals surface area (Å²) < 4.78 is 52.5. The molecule has 2 N–H and O–H groups in total. The van der Waals surface area contributed by atoms with Crippen LogP contribution in [0.15, 0.2) is 48.5 Å². The second-order valence-electron chi connectivity index (χ2n) is 5.79. The lowest BCUT2D eigenvalue weighted by atomic mass is 10.1. The average molecular weight is 413 g/mol. The van der Waals surface area contributed by atoms with Crippen molar-refractivity contribution in [1.82, 2.24) is 9.78 Å². The van der Waals surface area contributed by atoms with Crippen molar-refractivity contribution in [2.24, 2.45) is 7.05 Å². The highest BCUT2D eigenvalue weighted by molar-refractivity contribution is 6.31. The van der Waals surface area contributed by atoms with Crippen LogP contribution in [-0.2, 0) is 13.2 Å². The standard InChI is InChI=1S/C18H13ClF4N4O/c1-27-16(9-15(26-27)18(21,22)23)25-17(28)11-4-2-3-5-14(11)24-10-6-7-13(20)12(19)8-10/h2-9,24H,1H3,(H,25,28). The lowest BCUT2D eigenvalue weighted by Crippen LogP contribution is -2.16. The molecule has 0 bridgehead atoms. The van der Waals surface area contributed by atoms with Gasteiger partial charge in [0.2, 0.25) is 0 Å². The summed E-state index contributed by atoms with van der Waals surface area (Å²) in [7, 11) is 1.29. The molecule has 28 heavy (non-hydrogen) atoms. The minimum atomic E-state index is -4.62. The zero-order chi connectivity index (χ0) is 20.5. The Morgan fingerprint density at radius 2 is 1.86 bits per heavy atom. The van der Waals surface area contributed by atoms with Gasteiger partial charge in [0.25, 0.3) is 5.91 Å². The number of amides is 1. The van der Waals surface area contributed by atoms with Crippen molar-refractivity contribution in [2.45, 2.75) is 6.18 Å². The summed E-state index contributed by atoms with van der Waals surface area (Å²) in [5.74, 6) is -1.35. The van der Waals surface area contributed by atoms with Gasteiger partial charge in [-0.3, -0.25) is 9.48 Å². The van der Waals surface area contributed by atoms with E-state index in [2.05, 4.69) is 15.7 Å². The molecule has 0 radical (unpaired) electrons. The van der Waals surface area contributed by atoms with Gasteiger partial charge in [-0.25, -0.2) is 4.39 Å². The molecular formula is C18H13ClF4N4O. The summed E-state index contributed by atoms with van der Waals surface area (Å²) in [4.78, 5) is 12.6. The third kappa shape index (κ3) is 4.25. The molecule has 1 aromatic heterocycles. The zero-order valence-electron chi connectivity index (χ0n) is 14.3. The van der Waals surface area contributed by atoms with E-state index in [4.69, 9.17) is 11.6 Å². The van der Waals surface area contributed by atoms with Crippen molar-refractivity contribution in [3.8, 4) is 0 Å². The first kappa shape index (κ1) is 19.7. The number of hydrogen-bond donors (Lipinski definition) is 2. The van der Waals surface area contributed by atoms with Crippen molar-refractivity contribution < 1.29 is 22.4 Å². The van der Waals surface area contributed by atoms with Gasteiger partial charge in [-0.1, -0.05) is 23.7 Å². The van der Waals surface area contributed by atoms with Crippen LogP contribution in [0.5, 0.6) is 0 Å². The number of halogens is 5. The van der Waals surface area contributed by atoms with Gasteiger partial charge in [-0.05, 0) is 30.3 Å². The number of carbonyl (C=O) groups excluding carboxylic acids is 1. The van der Waals surface area contributed by atoms with Crippen LogP contribution < -0.4 is 10.6 Å². The molecule has 0 aliphatic carbocycles. The summed E-state index contributed by atoms with van der Waals surface area (Å²) >= 11 is 5.75. The van der Waals surface area contributed by atoms with Gasteiger partial charge in [0, 0.05) is 18.8 Å². The fraction of sp³-hybridized carbons (Fsp3) is 0.111. The van der Waals surface area contributed by atoms with E-state index in [1.165, 1.54) is 31.3 Å². The monoisotopic (exact) mass is 412 g/mol. The van der Waals surface area contributed by atoms with E-state index >= 15 is 0 Å². The quantitative estimate of drug-likeness (QED) is 0.577. The van der Waals surface area contributed by atoms with Crippen LogP contribution >= 0.6 is 11.6 Å². The molecule has 2 aromatic carbocycles. The number of carbonyl (C=O) groups is 1. The van der Waals surface area contributed by atoms with E-state index in [1.807, 2.05) is 0 Å². The van der Waals surface area contributed by atoms with Crippen LogP contribution in [0.4, 0.5) is 34.8 Å². The van der Waals surface area contributed by atoms with Crippen LogP contribution in [0.25, 0.3) is 0 Å². The number of hydrogen-bond acceptors (Lipinski definition) is 3. The minimum absolute atomic E-state index is 0.0958. The Morgan fingerprint density at radius 3 is 2.50 bits per heavy atom. The molecule has 0 saturated carbocycles. The number of alkyl halides is 3. The molecule has 0 fully saturated rings. The molecule has 10 heteroatoms. The van der Waals surface area contributed by atoms with Crippen LogP contribution in [0, 0.1) is 5.82 Å². The van der Waals surface area contributed by atoms with E-state index in [9.17, 15) is 22.4 Å². The number of anilines is 3. The largest absolute Gasteiger partial charge is 0.435 e. The lowest BCUT2D eigenvalue weighted by molar-refractivity contribution is -0.141. The molecule has 0 saturated heterocycles. The number of para-hydroxylation sites is 1. The van der Waals surface area contributed by atoms with Crippen molar-refractivity contribution in [3.05, 3.63) is 70.6 Å². The fourth-order valence-corrected chi connectivity index (χ4v) is 2.61. The van der Waals surface area contributed by atoms with Gasteiger partial charge < -0.3 is 10.6 Å². The first-order valence-electron chi connectivity index (χ1n) is 7.89. The van der Waals surface area contributed by atoms with Gasteiger partial charge in [0.1, 0.15) is 11.6 Å². The molecule has 5 nitrogen and oxygen atoms in total. The molecule has 3 aromatic rings. The Kier molecular flexibility index (Phi) is 5.28. The van der Waals surface area contributed by atoms with Crippen LogP contribution in [0.1, 0.15) is 16.1 Å². The summed E-state index contributed by atoms with van der Waals surface area (Å²) in [6, 6.07) is 11.0. The summed E-state index contributed by atoms with van der Waals surface area (Å²) in [5.41, 5.74) is -0.150. The lowest BCUT2D eigenvalue weighted by Gasteiger charge is -2.12. The molecule has 0 aliphatic rings. The number of aryl methyl sites for hydroxylation is 1. The SMILES string of the molecule is Cn1nc(C(F)(F)F)cc1NC(=O)c1ccccc1Nc1ccc(F)c(Cl)c1. The summed E-state index contributed by atoms with van der Waals surface area (Å²) in [5, 5.41) is 8.59. The zero-order valence-corrected chi connectivity index (χ0v) is 15.1. The number of nitrogens with one attached hydrogen (secondary N) is 2. The van der Waals surface area contributed by atoms with E-state index in [-0.39, 0.29) is 16.4 Å². The highest BCUT2D eigenvalue weighted by Gasteiger charge is 2.34. The van der Waals surface area contributed by atoms with E-state index < -0.39 is 23.6 Å². The van der Waals surface area contributed by atoms with Crippen molar-refractivity contribution in [3.63, 3.8) is 0 Å². The van der Waals surface area contributed by atoms with Gasteiger partial charge >= 0.3 is 6.18 Å². The highest BCUT2D eigenvalue weighted by Crippen LogP contribution is 2.30. The van der Waals surface area contributed by atoms with Crippen LogP contribution in [-0.4, -0.2) is 15.7 Å². The molecule has 1 heterocycles. The molecule has 0 atom stereocenters. The van der Waals surface area contributed by atoms with Gasteiger partial charge in [-0.15, -0.1) is 0 Å². The van der Waals surface area contributed by atoms with Crippen molar-refractivity contribution >= 4 is 34.7 Å². The summed E-state index contributed by atoms with van der Waals surface area (Å²) in [6.07, 6.45) is -4.62. The van der Waals surface area contributed by atoms with Crippen LogP contribution in [0.3, 0.4) is 0 Å². The highest BCUT2D eigenvalue weighted by atomic mass is 35.5. The maximum Gasteiger partial charge on any atom is 0.435 e. The Morgan fingerprint density at radius 1 is 1.14 bits per heavy atom. The third-order valence-corrected chi connectivity index (χ3v) is 4.07. The predicted octanol–water partition coefficient (Wildman–Crippen LogP) is 5.23. The Hall–Kier alpha value is -3.07. The molecule has 0 aliphatic heterocycles. The number of rotatable bonds is 4. The molecule has 3 rings (SSSR count). The van der Waals surface area contributed by atoms with Crippen molar-refractivity contribution in [2.75, 3.05) is 10.6 Å². The molecule has 146 valence electrons. The molecule has 1 amide bonds. The number of nitrogens with zero attached hydrogens (tertiary/aromatic N) is 2. The molecular weight excluding hydrogens is 400 g/mol. The number of aromatic nitrogens is 2. The average Bonchev–Trinajstić information content (AvgIpc) is 2.99. The third-order valence-electron chi connectivity index (χ3n) is 3.78. The first-order valence-corrected chi connectivity index (χ1v) is 8.26. The number of benzene rings is 2.